The highest BCUT2D eigenvalue weighted by Crippen LogP contribution is 2.61. The first kappa shape index (κ1) is 20.9. The van der Waals surface area contributed by atoms with Gasteiger partial charge in [-0.15, -0.1) is 0 Å². The summed E-state index contributed by atoms with van der Waals surface area (Å²) >= 11 is 0. The average molecular weight is 363 g/mol. The van der Waals surface area contributed by atoms with Gasteiger partial charge in [0.2, 0.25) is 0 Å². The summed E-state index contributed by atoms with van der Waals surface area (Å²) in [5, 5.41) is 9.27. The fourth-order valence-corrected chi connectivity index (χ4v) is 5.20. The van der Waals surface area contributed by atoms with Gasteiger partial charge >= 0.3 is 5.97 Å². The molecule has 0 aromatic rings. The zero-order valence-electron chi connectivity index (χ0n) is 17.1. The van der Waals surface area contributed by atoms with Crippen LogP contribution in [0.25, 0.3) is 0 Å². The highest BCUT2D eigenvalue weighted by Gasteiger charge is 2.55. The van der Waals surface area contributed by atoms with Gasteiger partial charge in [0.1, 0.15) is 6.10 Å². The summed E-state index contributed by atoms with van der Waals surface area (Å²) < 4.78 is 5.63. The van der Waals surface area contributed by atoms with E-state index >= 15 is 0 Å². The number of carbonyl (C=O) groups excluding carboxylic acids is 2. The van der Waals surface area contributed by atoms with E-state index in [1.54, 1.807) is 6.08 Å². The SMILES string of the molecule is CC(=O)O[C@H](C[C@@]1(C)[C@H](C)CC[C@]2(C)C(C)=CC(=O)C[C@H]12)/C(C)=C/CO. The largest absolute Gasteiger partial charge is 0.458 e. The van der Waals surface area contributed by atoms with Crippen molar-refractivity contribution in [1.29, 1.82) is 0 Å². The van der Waals surface area contributed by atoms with Crippen molar-refractivity contribution in [2.75, 3.05) is 6.61 Å². The third kappa shape index (κ3) is 3.80. The lowest BCUT2D eigenvalue weighted by Gasteiger charge is -2.58. The molecule has 0 amide bonds. The van der Waals surface area contributed by atoms with Crippen LogP contribution in [0, 0.1) is 22.7 Å². The Morgan fingerprint density at radius 1 is 1.42 bits per heavy atom. The second-order valence-corrected chi connectivity index (χ2v) is 8.85. The molecule has 1 N–H and O–H groups in total. The average Bonchev–Trinajstić information content (AvgIpc) is 2.54. The number of rotatable bonds is 5. The Hall–Kier alpha value is -1.42. The zero-order chi connectivity index (χ0) is 19.7. The van der Waals surface area contributed by atoms with E-state index in [1.165, 1.54) is 12.5 Å². The van der Waals surface area contributed by atoms with E-state index in [-0.39, 0.29) is 41.2 Å². The number of ketones is 1. The molecule has 0 aromatic carbocycles. The van der Waals surface area contributed by atoms with E-state index in [4.69, 9.17) is 4.74 Å². The molecular formula is C22H34O4. The van der Waals surface area contributed by atoms with Gasteiger partial charge in [-0.25, -0.2) is 0 Å². The Kier molecular flexibility index (Phi) is 6.17. The zero-order valence-corrected chi connectivity index (χ0v) is 17.1. The monoisotopic (exact) mass is 362 g/mol. The van der Waals surface area contributed by atoms with Crippen LogP contribution < -0.4 is 0 Å². The summed E-state index contributed by atoms with van der Waals surface area (Å²) in [6, 6.07) is 0. The molecule has 2 rings (SSSR count). The lowest BCUT2D eigenvalue weighted by atomic mass is 9.46. The summed E-state index contributed by atoms with van der Waals surface area (Å²) in [5.74, 6) is 0.554. The van der Waals surface area contributed by atoms with Gasteiger partial charge in [-0.2, -0.15) is 0 Å². The van der Waals surface area contributed by atoms with Crippen LogP contribution in [-0.4, -0.2) is 29.6 Å². The number of fused-ring (bicyclic) bond motifs is 1. The Morgan fingerprint density at radius 3 is 2.65 bits per heavy atom. The summed E-state index contributed by atoms with van der Waals surface area (Å²) in [5.41, 5.74) is 1.95. The highest BCUT2D eigenvalue weighted by atomic mass is 16.5. The van der Waals surface area contributed by atoms with Crippen LogP contribution in [-0.2, 0) is 14.3 Å². The van der Waals surface area contributed by atoms with Crippen LogP contribution >= 0.6 is 0 Å². The second kappa shape index (κ2) is 7.67. The van der Waals surface area contributed by atoms with E-state index in [0.29, 0.717) is 18.8 Å². The fraction of sp³-hybridized carbons (Fsp3) is 0.727. The van der Waals surface area contributed by atoms with Gasteiger partial charge in [0.25, 0.3) is 0 Å². The fourth-order valence-electron chi connectivity index (χ4n) is 5.20. The van der Waals surface area contributed by atoms with Crippen LogP contribution in [0.15, 0.2) is 23.3 Å². The van der Waals surface area contributed by atoms with Gasteiger partial charge in [0.05, 0.1) is 6.61 Å². The van der Waals surface area contributed by atoms with E-state index in [1.807, 2.05) is 13.0 Å². The maximum Gasteiger partial charge on any atom is 0.303 e. The molecule has 0 radical (unpaired) electrons. The molecule has 0 aliphatic heterocycles. The van der Waals surface area contributed by atoms with Crippen molar-refractivity contribution in [3.63, 3.8) is 0 Å². The standard InChI is InChI=1S/C22H34O4/c1-14(8-10-23)19(26-17(4)24)13-22(6)15(2)7-9-21(5)16(3)11-18(25)12-20(21)22/h8,11,15,19-20,23H,7,9-10,12-13H2,1-6H3/b14-8+/t15-,19-,20+,21-,22+/m1/s1. The first-order valence-electron chi connectivity index (χ1n) is 9.71. The van der Waals surface area contributed by atoms with Crippen molar-refractivity contribution in [1.82, 2.24) is 0 Å². The van der Waals surface area contributed by atoms with Gasteiger partial charge < -0.3 is 9.84 Å². The minimum Gasteiger partial charge on any atom is -0.458 e. The van der Waals surface area contributed by atoms with Gasteiger partial charge in [0.15, 0.2) is 5.78 Å². The van der Waals surface area contributed by atoms with Crippen LogP contribution in [0.3, 0.4) is 0 Å². The third-order valence-corrected chi connectivity index (χ3v) is 7.33. The molecule has 4 nitrogen and oxygen atoms in total. The lowest BCUT2D eigenvalue weighted by Crippen LogP contribution is -2.52. The van der Waals surface area contributed by atoms with Crippen LogP contribution in [0.4, 0.5) is 0 Å². The maximum absolute atomic E-state index is 12.4. The number of hydrogen-bond donors (Lipinski definition) is 1. The first-order chi connectivity index (χ1) is 12.0. The summed E-state index contributed by atoms with van der Waals surface area (Å²) in [6.07, 6.45) is 6.59. The van der Waals surface area contributed by atoms with Crippen molar-refractivity contribution in [3.8, 4) is 0 Å². The summed E-state index contributed by atoms with van der Waals surface area (Å²) in [4.78, 5) is 24.0. The molecule has 146 valence electrons. The predicted octanol–water partition coefficient (Wildman–Crippen LogP) is 4.22. The topological polar surface area (TPSA) is 63.6 Å². The van der Waals surface area contributed by atoms with Gasteiger partial charge in [-0.3, -0.25) is 9.59 Å². The van der Waals surface area contributed by atoms with Crippen molar-refractivity contribution in [2.45, 2.75) is 73.3 Å². The molecule has 0 unspecified atom stereocenters. The molecule has 1 saturated carbocycles. The normalized spacial score (nSPS) is 36.2. The van der Waals surface area contributed by atoms with E-state index in [2.05, 4.69) is 27.7 Å². The molecule has 4 heteroatoms. The summed E-state index contributed by atoms with van der Waals surface area (Å²) in [6.45, 7) is 12.1. The van der Waals surface area contributed by atoms with E-state index in [0.717, 1.165) is 18.4 Å². The summed E-state index contributed by atoms with van der Waals surface area (Å²) in [7, 11) is 0. The molecular weight excluding hydrogens is 328 g/mol. The number of carbonyl (C=O) groups is 2. The Labute approximate surface area is 157 Å². The minimum atomic E-state index is -0.365. The number of hydrogen-bond acceptors (Lipinski definition) is 4. The maximum atomic E-state index is 12.4. The number of ether oxygens (including phenoxy) is 1. The number of esters is 1. The predicted molar refractivity (Wildman–Crippen MR) is 102 cm³/mol. The third-order valence-electron chi connectivity index (χ3n) is 7.33. The molecule has 0 saturated heterocycles. The molecule has 0 heterocycles. The van der Waals surface area contributed by atoms with Gasteiger partial charge in [-0.1, -0.05) is 32.4 Å². The minimum absolute atomic E-state index is 0.0184. The molecule has 2 aliphatic rings. The van der Waals surface area contributed by atoms with Crippen molar-refractivity contribution < 1.29 is 19.4 Å². The van der Waals surface area contributed by atoms with Crippen molar-refractivity contribution in [2.24, 2.45) is 22.7 Å². The molecule has 5 atom stereocenters. The Morgan fingerprint density at radius 2 is 2.08 bits per heavy atom. The molecule has 0 aromatic heterocycles. The van der Waals surface area contributed by atoms with Gasteiger partial charge in [0, 0.05) is 13.3 Å². The Balaban J connectivity index is 2.42. The van der Waals surface area contributed by atoms with Crippen LogP contribution in [0.5, 0.6) is 0 Å². The Bertz CT molecular complexity index is 632. The molecule has 2 aliphatic carbocycles. The van der Waals surface area contributed by atoms with Crippen molar-refractivity contribution >= 4 is 11.8 Å². The highest BCUT2D eigenvalue weighted by molar-refractivity contribution is 5.92. The van der Waals surface area contributed by atoms with Crippen LogP contribution in [0.2, 0.25) is 0 Å². The first-order valence-corrected chi connectivity index (χ1v) is 9.71. The van der Waals surface area contributed by atoms with E-state index in [9.17, 15) is 14.7 Å². The number of aliphatic hydroxyl groups is 1. The van der Waals surface area contributed by atoms with Crippen molar-refractivity contribution in [3.05, 3.63) is 23.3 Å². The van der Waals surface area contributed by atoms with E-state index < -0.39 is 0 Å². The molecule has 0 bridgehead atoms. The smallest absolute Gasteiger partial charge is 0.303 e. The molecule has 0 spiro atoms. The second-order valence-electron chi connectivity index (χ2n) is 8.85. The number of allylic oxidation sites excluding steroid dienone is 2. The number of aliphatic hydroxyl groups excluding tert-OH is 1. The van der Waals surface area contributed by atoms with Gasteiger partial charge in [-0.05, 0) is 67.4 Å². The molecule has 1 fully saturated rings. The lowest BCUT2D eigenvalue weighted by molar-refractivity contribution is -0.149. The molecule has 26 heavy (non-hydrogen) atoms. The van der Waals surface area contributed by atoms with Crippen LogP contribution in [0.1, 0.15) is 67.2 Å². The quantitative estimate of drug-likeness (QED) is 0.587.